The van der Waals surface area contributed by atoms with Crippen LogP contribution < -0.4 is 5.32 Å². The van der Waals surface area contributed by atoms with Crippen molar-refractivity contribution in [3.63, 3.8) is 0 Å². The van der Waals surface area contributed by atoms with Gasteiger partial charge in [-0.15, -0.1) is 0 Å². The Morgan fingerprint density at radius 2 is 0.934 bits per heavy atom. The number of ether oxygens (including phenoxy) is 4. The maximum absolute atomic E-state index is 12.5. The van der Waals surface area contributed by atoms with Crippen LogP contribution in [0.1, 0.15) is 200 Å². The zero-order valence-corrected chi connectivity index (χ0v) is 38.2. The molecule has 0 saturated carbocycles. The Hall–Kier alpha value is -1.01. The lowest BCUT2D eigenvalue weighted by Gasteiger charge is -2.46. The second-order valence-electron chi connectivity index (χ2n) is 18.0. The lowest BCUT2D eigenvalue weighted by atomic mass is 9.97. The largest absolute Gasteiger partial charge is 0.394 e. The first-order chi connectivity index (χ1) is 29.6. The summed E-state index contributed by atoms with van der Waals surface area (Å²) in [5.74, 6) is -0.258. The lowest BCUT2D eigenvalue weighted by molar-refractivity contribution is -0.359. The van der Waals surface area contributed by atoms with Gasteiger partial charge in [-0.2, -0.15) is 0 Å². The molecule has 1 amide bonds. The van der Waals surface area contributed by atoms with E-state index >= 15 is 0 Å². The summed E-state index contributed by atoms with van der Waals surface area (Å²) in [5, 5.41) is 85.8. The van der Waals surface area contributed by atoms with Crippen LogP contribution in [-0.2, 0) is 23.7 Å². The predicted octanol–water partition coefficient (Wildman–Crippen LogP) is 5.83. The number of hydrogen-bond acceptors (Lipinski definition) is 13. The minimum atomic E-state index is -1.78. The maximum Gasteiger partial charge on any atom is 0.220 e. The molecule has 0 aliphatic carbocycles. The van der Waals surface area contributed by atoms with E-state index in [2.05, 4.69) is 12.2 Å². The Balaban J connectivity index is 1.56. The number of amides is 1. The van der Waals surface area contributed by atoms with E-state index in [0.29, 0.717) is 12.8 Å². The van der Waals surface area contributed by atoms with Crippen molar-refractivity contribution in [2.45, 2.75) is 274 Å². The third kappa shape index (κ3) is 23.1. The monoisotopic (exact) mass is 878 g/mol. The Morgan fingerprint density at radius 3 is 1.36 bits per heavy atom. The van der Waals surface area contributed by atoms with Gasteiger partial charge in [0.25, 0.3) is 0 Å². The lowest BCUT2D eigenvalue weighted by Crippen LogP contribution is -2.65. The standard InChI is InChI=1S/C47H91NO13/c1-3-5-6-7-8-9-10-11-12-13-14-15-16-17-18-19-20-21-22-23-24-25-26-27-28-29-31-36(51)35(48-39(52)30-4-2)34-58-46-44(57)42(55)45(38(33-50)60-46)61-47-43(56)41(54)40(53)37(32-49)59-47/h35-38,40-47,49-51,53-57H,3-34H2,1-2H3,(H,48,52). The van der Waals surface area contributed by atoms with E-state index in [-0.39, 0.29) is 18.9 Å². The summed E-state index contributed by atoms with van der Waals surface area (Å²) in [6.07, 6.45) is 18.9. The summed E-state index contributed by atoms with van der Waals surface area (Å²) in [7, 11) is 0. The fourth-order valence-electron chi connectivity index (χ4n) is 8.52. The fourth-order valence-corrected chi connectivity index (χ4v) is 8.52. The average molecular weight is 878 g/mol. The number of nitrogens with one attached hydrogen (secondary N) is 1. The molecule has 14 nitrogen and oxygen atoms in total. The first-order valence-electron chi connectivity index (χ1n) is 24.8. The summed E-state index contributed by atoms with van der Waals surface area (Å²) < 4.78 is 22.5. The highest BCUT2D eigenvalue weighted by Gasteiger charge is 2.51. The molecule has 61 heavy (non-hydrogen) atoms. The molecule has 0 aromatic heterocycles. The molecule has 2 rings (SSSR count). The number of carbonyl (C=O) groups excluding carboxylic acids is 1. The molecular formula is C47H91NO13. The van der Waals surface area contributed by atoms with Gasteiger partial charge >= 0.3 is 0 Å². The van der Waals surface area contributed by atoms with Crippen LogP contribution in [0.3, 0.4) is 0 Å². The van der Waals surface area contributed by atoms with Gasteiger partial charge < -0.3 is 65.1 Å². The average Bonchev–Trinajstić information content (AvgIpc) is 3.25. The number of unbranched alkanes of at least 4 members (excludes halogenated alkanes) is 25. The van der Waals surface area contributed by atoms with Crippen LogP contribution >= 0.6 is 0 Å². The molecule has 0 aromatic rings. The van der Waals surface area contributed by atoms with Crippen molar-refractivity contribution in [3.8, 4) is 0 Å². The fraction of sp³-hybridized carbons (Fsp3) is 0.979. The Bertz CT molecular complexity index is 1040. The van der Waals surface area contributed by atoms with Gasteiger partial charge in [-0.05, 0) is 12.8 Å². The van der Waals surface area contributed by atoms with Gasteiger partial charge in [0.05, 0.1) is 32.0 Å². The molecule has 12 atom stereocenters. The molecule has 2 aliphatic rings. The van der Waals surface area contributed by atoms with Gasteiger partial charge in [0.1, 0.15) is 48.8 Å². The smallest absolute Gasteiger partial charge is 0.220 e. The topological polar surface area (TPSA) is 228 Å². The molecule has 362 valence electrons. The van der Waals surface area contributed by atoms with E-state index < -0.39 is 86.8 Å². The molecule has 12 unspecified atom stereocenters. The molecular weight excluding hydrogens is 787 g/mol. The van der Waals surface area contributed by atoms with Gasteiger partial charge in [-0.1, -0.05) is 181 Å². The second-order valence-corrected chi connectivity index (χ2v) is 18.0. The molecule has 0 aromatic carbocycles. The molecule has 2 fully saturated rings. The highest BCUT2D eigenvalue weighted by atomic mass is 16.7. The summed E-state index contributed by atoms with van der Waals surface area (Å²) in [6.45, 7) is 2.50. The van der Waals surface area contributed by atoms with Gasteiger partial charge in [-0.3, -0.25) is 4.79 Å². The Kier molecular flexibility index (Phi) is 32.5. The Labute approximate surface area is 368 Å². The van der Waals surface area contributed by atoms with Crippen LogP contribution in [-0.4, -0.2) is 140 Å². The van der Waals surface area contributed by atoms with Crippen molar-refractivity contribution >= 4 is 5.91 Å². The highest BCUT2D eigenvalue weighted by Crippen LogP contribution is 2.30. The molecule has 14 heteroatoms. The first-order valence-corrected chi connectivity index (χ1v) is 24.8. The van der Waals surface area contributed by atoms with E-state index in [1.165, 1.54) is 141 Å². The minimum absolute atomic E-state index is 0.249. The zero-order valence-electron chi connectivity index (χ0n) is 38.2. The minimum Gasteiger partial charge on any atom is -0.394 e. The van der Waals surface area contributed by atoms with Crippen molar-refractivity contribution in [2.75, 3.05) is 19.8 Å². The van der Waals surface area contributed by atoms with E-state index in [4.69, 9.17) is 18.9 Å². The van der Waals surface area contributed by atoms with E-state index in [0.717, 1.165) is 25.7 Å². The molecule has 2 aliphatic heterocycles. The summed E-state index contributed by atoms with van der Waals surface area (Å²) in [6, 6.07) is -0.818. The van der Waals surface area contributed by atoms with Gasteiger partial charge in [-0.25, -0.2) is 0 Å². The number of carbonyl (C=O) groups is 1. The highest BCUT2D eigenvalue weighted by molar-refractivity contribution is 5.76. The van der Waals surface area contributed by atoms with Crippen LogP contribution in [0.25, 0.3) is 0 Å². The number of hydrogen-bond donors (Lipinski definition) is 9. The van der Waals surface area contributed by atoms with Crippen molar-refractivity contribution < 1.29 is 64.6 Å². The molecule has 0 spiro atoms. The third-order valence-corrected chi connectivity index (χ3v) is 12.5. The second kappa shape index (κ2) is 35.3. The summed E-state index contributed by atoms with van der Waals surface area (Å²) in [5.41, 5.74) is 0. The summed E-state index contributed by atoms with van der Waals surface area (Å²) >= 11 is 0. The van der Waals surface area contributed by atoms with Crippen molar-refractivity contribution in [1.29, 1.82) is 0 Å². The van der Waals surface area contributed by atoms with Crippen LogP contribution in [0.5, 0.6) is 0 Å². The summed E-state index contributed by atoms with van der Waals surface area (Å²) in [4.78, 5) is 12.5. The van der Waals surface area contributed by atoms with Crippen LogP contribution in [0.4, 0.5) is 0 Å². The zero-order chi connectivity index (χ0) is 44.7. The third-order valence-electron chi connectivity index (χ3n) is 12.5. The molecule has 9 N–H and O–H groups in total. The van der Waals surface area contributed by atoms with Crippen LogP contribution in [0.2, 0.25) is 0 Å². The SMILES string of the molecule is CCCCCCCCCCCCCCCCCCCCCCCCCCCCC(O)C(COC1OC(CO)C(OC2OC(CO)C(O)C(O)C2O)C(O)C1O)NC(=O)CCC. The van der Waals surface area contributed by atoms with Crippen molar-refractivity contribution in [3.05, 3.63) is 0 Å². The van der Waals surface area contributed by atoms with Crippen molar-refractivity contribution in [2.24, 2.45) is 0 Å². The first kappa shape index (κ1) is 56.1. The quantitative estimate of drug-likeness (QED) is 0.0334. The van der Waals surface area contributed by atoms with E-state index in [9.17, 15) is 45.6 Å². The Morgan fingerprint density at radius 1 is 0.525 bits per heavy atom. The molecule has 0 bridgehead atoms. The number of rotatable bonds is 38. The number of aliphatic hydroxyl groups is 8. The van der Waals surface area contributed by atoms with Crippen LogP contribution in [0, 0.1) is 0 Å². The van der Waals surface area contributed by atoms with Gasteiger partial charge in [0, 0.05) is 6.42 Å². The van der Waals surface area contributed by atoms with Crippen LogP contribution in [0.15, 0.2) is 0 Å². The van der Waals surface area contributed by atoms with E-state index in [1.54, 1.807) is 0 Å². The molecule has 2 saturated heterocycles. The van der Waals surface area contributed by atoms with Gasteiger partial charge in [0.2, 0.25) is 5.91 Å². The normalized spacial score (nSPS) is 27.9. The molecule has 0 radical (unpaired) electrons. The molecule has 2 heterocycles. The maximum atomic E-state index is 12.5. The van der Waals surface area contributed by atoms with Crippen molar-refractivity contribution in [1.82, 2.24) is 5.32 Å². The number of aliphatic hydroxyl groups excluding tert-OH is 8. The van der Waals surface area contributed by atoms with Gasteiger partial charge in [0.15, 0.2) is 12.6 Å². The van der Waals surface area contributed by atoms with E-state index in [1.807, 2.05) is 6.92 Å². The predicted molar refractivity (Wildman–Crippen MR) is 236 cm³/mol.